The normalized spacial score (nSPS) is 16.1. The summed E-state index contributed by atoms with van der Waals surface area (Å²) in [6.07, 6.45) is -2.07. The van der Waals surface area contributed by atoms with Crippen molar-refractivity contribution in [2.75, 3.05) is 23.9 Å². The summed E-state index contributed by atoms with van der Waals surface area (Å²) in [5.41, 5.74) is 1.14. The second kappa shape index (κ2) is 8.64. The van der Waals surface area contributed by atoms with Crippen LogP contribution in [0.2, 0.25) is 0 Å². The minimum Gasteiger partial charge on any atom is -0.497 e. The van der Waals surface area contributed by atoms with Crippen LogP contribution in [0.15, 0.2) is 48.5 Å². The lowest BCUT2D eigenvalue weighted by Crippen LogP contribution is -2.48. The topological polar surface area (TPSA) is 94.2 Å². The van der Waals surface area contributed by atoms with Crippen molar-refractivity contribution in [1.82, 2.24) is 0 Å². The number of amides is 2. The van der Waals surface area contributed by atoms with E-state index in [1.165, 1.54) is 18.7 Å². The van der Waals surface area contributed by atoms with E-state index >= 15 is 0 Å². The maximum Gasteiger partial charge on any atom is 0.350 e. The molecule has 0 radical (unpaired) electrons. The van der Waals surface area contributed by atoms with Crippen LogP contribution in [0.4, 0.5) is 11.4 Å². The molecule has 1 aliphatic rings. The van der Waals surface area contributed by atoms with E-state index in [1.807, 2.05) is 0 Å². The van der Waals surface area contributed by atoms with Gasteiger partial charge in [-0.3, -0.25) is 9.59 Å². The Labute approximate surface area is 168 Å². The zero-order chi connectivity index (χ0) is 21.0. The first-order chi connectivity index (χ1) is 13.9. The summed E-state index contributed by atoms with van der Waals surface area (Å²) in [6, 6.07) is 13.7. The van der Waals surface area contributed by atoms with Crippen molar-refractivity contribution in [3.05, 3.63) is 48.5 Å². The van der Waals surface area contributed by atoms with Crippen molar-refractivity contribution in [1.29, 1.82) is 0 Å². The number of hydrogen-bond acceptors (Lipinski definition) is 6. The van der Waals surface area contributed by atoms with Gasteiger partial charge in [0.1, 0.15) is 11.5 Å². The zero-order valence-corrected chi connectivity index (χ0v) is 16.4. The number of carbonyl (C=O) groups is 3. The molecular formula is C21H22N2O6. The number of methoxy groups -OCH3 is 1. The van der Waals surface area contributed by atoms with Crippen molar-refractivity contribution in [3.63, 3.8) is 0 Å². The molecule has 0 fully saturated rings. The first-order valence-corrected chi connectivity index (χ1v) is 9.08. The molecule has 0 spiro atoms. The van der Waals surface area contributed by atoms with Crippen LogP contribution in [0.3, 0.4) is 0 Å². The number of fused-ring (bicyclic) bond motifs is 1. The van der Waals surface area contributed by atoms with Crippen molar-refractivity contribution < 1.29 is 28.6 Å². The summed E-state index contributed by atoms with van der Waals surface area (Å²) in [7, 11) is 1.55. The van der Waals surface area contributed by atoms with Crippen LogP contribution in [0.5, 0.6) is 11.5 Å². The number of hydrogen-bond donors (Lipinski definition) is 1. The standard InChI is InChI=1S/C21H22N2O6/c1-13(20(25)22-15-8-10-16(27-3)11-9-15)28-21(26)19-12-23(14(2)24)17-6-4-5-7-18(17)29-19/h4-11,13,19H,12H2,1-3H3,(H,22,25)/t13-,19+/m0/s1. The van der Waals surface area contributed by atoms with Gasteiger partial charge in [-0.25, -0.2) is 4.79 Å². The van der Waals surface area contributed by atoms with Crippen molar-refractivity contribution in [2.24, 2.45) is 0 Å². The molecule has 0 aromatic heterocycles. The number of carbonyl (C=O) groups excluding carboxylic acids is 3. The molecule has 0 aliphatic carbocycles. The van der Waals surface area contributed by atoms with Crippen molar-refractivity contribution in [3.8, 4) is 11.5 Å². The average molecular weight is 398 g/mol. The molecule has 3 rings (SSSR count). The Morgan fingerprint density at radius 2 is 1.83 bits per heavy atom. The van der Waals surface area contributed by atoms with Gasteiger partial charge in [0.25, 0.3) is 5.91 Å². The van der Waals surface area contributed by atoms with Gasteiger partial charge in [-0.15, -0.1) is 0 Å². The molecule has 8 heteroatoms. The molecule has 0 unspecified atom stereocenters. The summed E-state index contributed by atoms with van der Waals surface area (Å²) in [4.78, 5) is 38.3. The monoisotopic (exact) mass is 398 g/mol. The fourth-order valence-electron chi connectivity index (χ4n) is 2.88. The van der Waals surface area contributed by atoms with E-state index in [1.54, 1.807) is 55.6 Å². The lowest BCUT2D eigenvalue weighted by Gasteiger charge is -2.33. The fraction of sp³-hybridized carbons (Fsp3) is 0.286. The summed E-state index contributed by atoms with van der Waals surface area (Å²) >= 11 is 0. The minimum atomic E-state index is -1.05. The van der Waals surface area contributed by atoms with Gasteiger partial charge in [0.15, 0.2) is 6.10 Å². The number of nitrogens with zero attached hydrogens (tertiary/aromatic N) is 1. The number of nitrogens with one attached hydrogen (secondary N) is 1. The van der Waals surface area contributed by atoms with E-state index in [2.05, 4.69) is 5.32 Å². The molecule has 1 heterocycles. The second-order valence-electron chi connectivity index (χ2n) is 6.50. The average Bonchev–Trinajstić information content (AvgIpc) is 2.73. The van der Waals surface area contributed by atoms with Gasteiger partial charge in [-0.1, -0.05) is 12.1 Å². The van der Waals surface area contributed by atoms with Crippen LogP contribution in [0.25, 0.3) is 0 Å². The summed E-state index contributed by atoms with van der Waals surface area (Å²) in [6.45, 7) is 2.89. The van der Waals surface area contributed by atoms with Gasteiger partial charge in [-0.2, -0.15) is 0 Å². The highest BCUT2D eigenvalue weighted by Gasteiger charge is 2.35. The van der Waals surface area contributed by atoms with Gasteiger partial charge in [-0.05, 0) is 43.3 Å². The van der Waals surface area contributed by atoms with Crippen LogP contribution >= 0.6 is 0 Å². The first kappa shape index (κ1) is 20.2. The molecule has 0 saturated carbocycles. The number of esters is 1. The highest BCUT2D eigenvalue weighted by Crippen LogP contribution is 2.33. The third-order valence-corrected chi connectivity index (χ3v) is 4.44. The lowest BCUT2D eigenvalue weighted by molar-refractivity contribution is -0.160. The number of benzene rings is 2. The molecule has 0 bridgehead atoms. The Hall–Kier alpha value is -3.55. The zero-order valence-electron chi connectivity index (χ0n) is 16.4. The molecule has 1 N–H and O–H groups in total. The van der Waals surface area contributed by atoms with Crippen molar-refractivity contribution in [2.45, 2.75) is 26.1 Å². The van der Waals surface area contributed by atoms with Gasteiger partial charge in [0, 0.05) is 12.6 Å². The van der Waals surface area contributed by atoms with Gasteiger partial charge in [0.05, 0.1) is 19.3 Å². The quantitative estimate of drug-likeness (QED) is 0.778. The largest absolute Gasteiger partial charge is 0.497 e. The Balaban J connectivity index is 1.63. The Bertz CT molecular complexity index is 912. The maximum absolute atomic E-state index is 12.5. The van der Waals surface area contributed by atoms with Crippen LogP contribution < -0.4 is 19.7 Å². The Morgan fingerprint density at radius 1 is 1.14 bits per heavy atom. The van der Waals surface area contributed by atoms with E-state index in [9.17, 15) is 14.4 Å². The maximum atomic E-state index is 12.5. The number of anilines is 2. The van der Waals surface area contributed by atoms with Crippen molar-refractivity contribution >= 4 is 29.2 Å². The molecule has 2 amide bonds. The molecule has 8 nitrogen and oxygen atoms in total. The van der Waals surface area contributed by atoms with E-state index in [0.29, 0.717) is 22.9 Å². The Kier molecular flexibility index (Phi) is 6.01. The number of rotatable bonds is 5. The first-order valence-electron chi connectivity index (χ1n) is 9.08. The third-order valence-electron chi connectivity index (χ3n) is 4.44. The predicted molar refractivity (Wildman–Crippen MR) is 106 cm³/mol. The molecule has 29 heavy (non-hydrogen) atoms. The van der Waals surface area contributed by atoms with Crippen LogP contribution in [0.1, 0.15) is 13.8 Å². The van der Waals surface area contributed by atoms with E-state index in [0.717, 1.165) is 0 Å². The fourth-order valence-corrected chi connectivity index (χ4v) is 2.88. The predicted octanol–water partition coefficient (Wildman–Crippen LogP) is 2.38. The molecule has 2 aromatic rings. The van der Waals surface area contributed by atoms with Crippen LogP contribution in [-0.2, 0) is 19.1 Å². The van der Waals surface area contributed by atoms with Crippen LogP contribution in [-0.4, -0.2) is 43.6 Å². The summed E-state index contributed by atoms with van der Waals surface area (Å²) in [5, 5.41) is 2.67. The third kappa shape index (κ3) is 4.66. The molecule has 2 atom stereocenters. The molecule has 0 saturated heterocycles. The summed E-state index contributed by atoms with van der Waals surface area (Å²) in [5.74, 6) is -0.353. The van der Waals surface area contributed by atoms with Gasteiger partial charge < -0.3 is 24.4 Å². The number of ether oxygens (including phenoxy) is 3. The minimum absolute atomic E-state index is 0.0119. The van der Waals surface area contributed by atoms with Gasteiger partial charge >= 0.3 is 5.97 Å². The SMILES string of the molecule is COc1ccc(NC(=O)[C@H](C)OC(=O)[C@H]2CN(C(C)=O)c3ccccc3O2)cc1. The van der Waals surface area contributed by atoms with E-state index in [4.69, 9.17) is 14.2 Å². The highest BCUT2D eigenvalue weighted by molar-refractivity contribution is 5.97. The molecule has 1 aliphatic heterocycles. The second-order valence-corrected chi connectivity index (χ2v) is 6.50. The lowest BCUT2D eigenvalue weighted by atomic mass is 10.2. The van der Waals surface area contributed by atoms with E-state index in [-0.39, 0.29) is 12.5 Å². The molecule has 152 valence electrons. The van der Waals surface area contributed by atoms with Gasteiger partial charge in [0.2, 0.25) is 12.0 Å². The molecule has 2 aromatic carbocycles. The highest BCUT2D eigenvalue weighted by atomic mass is 16.6. The summed E-state index contributed by atoms with van der Waals surface area (Å²) < 4.78 is 16.0. The van der Waals surface area contributed by atoms with Crippen LogP contribution in [0, 0.1) is 0 Å². The Morgan fingerprint density at radius 3 is 2.48 bits per heavy atom. The molecular weight excluding hydrogens is 376 g/mol. The number of para-hydroxylation sites is 2. The smallest absolute Gasteiger partial charge is 0.350 e. The van der Waals surface area contributed by atoms with E-state index < -0.39 is 24.1 Å².